The number of rotatable bonds is 2. The van der Waals surface area contributed by atoms with Crippen molar-refractivity contribution in [3.63, 3.8) is 0 Å². The molecule has 92 valence electrons. The summed E-state index contributed by atoms with van der Waals surface area (Å²) >= 11 is 0. The first kappa shape index (κ1) is 10.6. The summed E-state index contributed by atoms with van der Waals surface area (Å²) in [4.78, 5) is 14.1. The van der Waals surface area contributed by atoms with Crippen LogP contribution in [0.5, 0.6) is 5.88 Å². The Balaban J connectivity index is 1.78. The lowest BCUT2D eigenvalue weighted by Crippen LogP contribution is -2.36. The number of likely N-dealkylation sites (tertiary alicyclic amines) is 1. The molecule has 0 aromatic carbocycles. The van der Waals surface area contributed by atoms with E-state index in [1.807, 2.05) is 4.90 Å². The van der Waals surface area contributed by atoms with Crippen molar-refractivity contribution in [1.29, 1.82) is 0 Å². The van der Waals surface area contributed by atoms with Crippen molar-refractivity contribution in [2.24, 2.45) is 0 Å². The number of carbonyl (C=O) groups excluding carboxylic acids is 1. The number of aromatic nitrogens is 1. The molecule has 6 heteroatoms. The average molecular weight is 237 g/mol. The number of nitrogens with zero attached hydrogens (tertiary/aromatic N) is 2. The minimum Gasteiger partial charge on any atom is -0.479 e. The van der Waals surface area contributed by atoms with Gasteiger partial charge in [0.2, 0.25) is 5.76 Å². The Bertz CT molecular complexity index is 431. The predicted octanol–water partition coefficient (Wildman–Crippen LogP) is 0.260. The maximum Gasteiger partial charge on any atom is 0.292 e. The van der Waals surface area contributed by atoms with Gasteiger partial charge in [-0.05, 0) is 24.5 Å². The van der Waals surface area contributed by atoms with Crippen molar-refractivity contribution in [3.05, 3.63) is 11.8 Å². The van der Waals surface area contributed by atoms with Gasteiger partial charge in [-0.2, -0.15) is 0 Å². The van der Waals surface area contributed by atoms with Gasteiger partial charge < -0.3 is 19.5 Å². The van der Waals surface area contributed by atoms with Gasteiger partial charge in [-0.1, -0.05) is 0 Å². The number of hydrogen-bond acceptors (Lipinski definition) is 5. The molecule has 2 fully saturated rings. The van der Waals surface area contributed by atoms with Gasteiger partial charge in [-0.3, -0.25) is 4.79 Å². The molecule has 1 aromatic heterocycles. The van der Waals surface area contributed by atoms with E-state index >= 15 is 0 Å². The highest BCUT2D eigenvalue weighted by molar-refractivity contribution is 5.92. The quantitative estimate of drug-likeness (QED) is 0.799. The van der Waals surface area contributed by atoms with E-state index in [9.17, 15) is 4.79 Å². The monoisotopic (exact) mass is 237 g/mol. The molecule has 0 spiro atoms. The van der Waals surface area contributed by atoms with Crippen LogP contribution in [0.2, 0.25) is 0 Å². The number of methoxy groups -OCH3 is 1. The maximum atomic E-state index is 12.2. The van der Waals surface area contributed by atoms with Crippen LogP contribution >= 0.6 is 0 Å². The average Bonchev–Trinajstić information content (AvgIpc) is 2.93. The highest BCUT2D eigenvalue weighted by Crippen LogP contribution is 2.26. The van der Waals surface area contributed by atoms with Crippen LogP contribution in [-0.2, 0) is 0 Å². The molecular formula is C11H15N3O3. The van der Waals surface area contributed by atoms with Crippen LogP contribution < -0.4 is 10.1 Å². The van der Waals surface area contributed by atoms with Crippen molar-refractivity contribution in [2.75, 3.05) is 20.2 Å². The minimum absolute atomic E-state index is 0.0861. The molecule has 2 atom stereocenters. The molecule has 0 radical (unpaired) electrons. The smallest absolute Gasteiger partial charge is 0.292 e. The summed E-state index contributed by atoms with van der Waals surface area (Å²) in [6.07, 6.45) is 2.05. The predicted molar refractivity (Wildman–Crippen MR) is 58.9 cm³/mol. The zero-order chi connectivity index (χ0) is 11.8. The third-order valence-electron chi connectivity index (χ3n) is 3.49. The van der Waals surface area contributed by atoms with Gasteiger partial charge in [-0.25, -0.2) is 0 Å². The van der Waals surface area contributed by atoms with Crippen molar-refractivity contribution in [1.82, 2.24) is 15.4 Å². The van der Waals surface area contributed by atoms with Crippen LogP contribution in [0.15, 0.2) is 10.6 Å². The molecular weight excluding hydrogens is 222 g/mol. The molecule has 6 nitrogen and oxygen atoms in total. The van der Waals surface area contributed by atoms with Crippen LogP contribution in [0.1, 0.15) is 23.4 Å². The second kappa shape index (κ2) is 4.03. The molecule has 2 aliphatic heterocycles. The van der Waals surface area contributed by atoms with Gasteiger partial charge in [0.25, 0.3) is 11.8 Å². The van der Waals surface area contributed by atoms with E-state index in [4.69, 9.17) is 9.26 Å². The summed E-state index contributed by atoms with van der Waals surface area (Å²) < 4.78 is 9.90. The highest BCUT2D eigenvalue weighted by atomic mass is 16.5. The first-order valence-electron chi connectivity index (χ1n) is 5.83. The summed E-state index contributed by atoms with van der Waals surface area (Å²) in [5, 5.41) is 7.05. The topological polar surface area (TPSA) is 67.6 Å². The molecule has 1 amide bonds. The standard InChI is InChI=1S/C11H15N3O3/c1-16-10-5-9(17-13-10)11(15)14-6-7-4-8(14)2-3-12-7/h5,7-8,12H,2-4,6H2,1H3. The van der Waals surface area contributed by atoms with Crippen LogP contribution in [0.3, 0.4) is 0 Å². The van der Waals surface area contributed by atoms with E-state index in [1.165, 1.54) is 13.2 Å². The second-order valence-corrected chi connectivity index (χ2v) is 4.52. The first-order valence-corrected chi connectivity index (χ1v) is 5.83. The van der Waals surface area contributed by atoms with E-state index in [2.05, 4.69) is 10.5 Å². The van der Waals surface area contributed by atoms with Gasteiger partial charge in [0.15, 0.2) is 0 Å². The van der Waals surface area contributed by atoms with Crippen molar-refractivity contribution >= 4 is 5.91 Å². The molecule has 3 heterocycles. The number of amides is 1. The number of hydrogen-bond donors (Lipinski definition) is 1. The van der Waals surface area contributed by atoms with E-state index in [0.717, 1.165) is 25.9 Å². The summed E-state index contributed by atoms with van der Waals surface area (Å²) in [7, 11) is 1.50. The SMILES string of the molecule is COc1cc(C(=O)N2CC3CC2CCN3)on1. The van der Waals surface area contributed by atoms with Crippen LogP contribution in [0.25, 0.3) is 0 Å². The fourth-order valence-corrected chi connectivity index (χ4v) is 2.64. The largest absolute Gasteiger partial charge is 0.479 e. The molecule has 2 bridgehead atoms. The zero-order valence-electron chi connectivity index (χ0n) is 9.68. The first-order chi connectivity index (χ1) is 8.28. The van der Waals surface area contributed by atoms with Gasteiger partial charge >= 0.3 is 0 Å². The Kier molecular flexibility index (Phi) is 2.51. The van der Waals surface area contributed by atoms with Crippen LogP contribution in [0, 0.1) is 0 Å². The number of piperidine rings is 1. The van der Waals surface area contributed by atoms with Gasteiger partial charge in [0, 0.05) is 18.6 Å². The molecule has 2 aliphatic rings. The minimum atomic E-state index is -0.0861. The molecule has 1 aromatic rings. The number of nitrogens with one attached hydrogen (secondary N) is 1. The van der Waals surface area contributed by atoms with E-state index < -0.39 is 0 Å². The molecule has 17 heavy (non-hydrogen) atoms. The lowest BCUT2D eigenvalue weighted by atomic mass is 10.1. The highest BCUT2D eigenvalue weighted by Gasteiger charge is 2.39. The van der Waals surface area contributed by atoms with Crippen molar-refractivity contribution in [3.8, 4) is 5.88 Å². The Hall–Kier alpha value is -1.56. The normalized spacial score (nSPS) is 27.2. The molecule has 2 saturated heterocycles. The molecule has 0 aliphatic carbocycles. The Morgan fingerprint density at radius 1 is 1.71 bits per heavy atom. The fraction of sp³-hybridized carbons (Fsp3) is 0.636. The summed E-state index contributed by atoms with van der Waals surface area (Å²) in [6, 6.07) is 2.31. The van der Waals surface area contributed by atoms with E-state index in [1.54, 1.807) is 0 Å². The maximum absolute atomic E-state index is 12.2. The van der Waals surface area contributed by atoms with Gasteiger partial charge in [-0.15, -0.1) is 0 Å². The van der Waals surface area contributed by atoms with E-state index in [-0.39, 0.29) is 11.7 Å². The second-order valence-electron chi connectivity index (χ2n) is 4.52. The molecule has 1 N–H and O–H groups in total. The lowest BCUT2D eigenvalue weighted by molar-refractivity contribution is 0.0693. The van der Waals surface area contributed by atoms with Gasteiger partial charge in [0.1, 0.15) is 0 Å². The third kappa shape index (κ3) is 1.78. The van der Waals surface area contributed by atoms with Crippen molar-refractivity contribution in [2.45, 2.75) is 24.9 Å². The lowest BCUT2D eigenvalue weighted by Gasteiger charge is -2.23. The van der Waals surface area contributed by atoms with Crippen LogP contribution in [0.4, 0.5) is 0 Å². The molecule has 0 saturated carbocycles. The zero-order valence-corrected chi connectivity index (χ0v) is 9.68. The van der Waals surface area contributed by atoms with Crippen molar-refractivity contribution < 1.29 is 14.1 Å². The Morgan fingerprint density at radius 3 is 3.29 bits per heavy atom. The third-order valence-corrected chi connectivity index (χ3v) is 3.49. The van der Waals surface area contributed by atoms with E-state index in [0.29, 0.717) is 18.0 Å². The molecule has 2 unspecified atom stereocenters. The summed E-state index contributed by atoms with van der Waals surface area (Å²) in [5.74, 6) is 0.514. The number of fused-ring (bicyclic) bond motifs is 2. The Morgan fingerprint density at radius 2 is 2.59 bits per heavy atom. The fourth-order valence-electron chi connectivity index (χ4n) is 2.64. The number of carbonyl (C=O) groups is 1. The van der Waals surface area contributed by atoms with Crippen LogP contribution in [-0.4, -0.2) is 48.2 Å². The summed E-state index contributed by atoms with van der Waals surface area (Å²) in [5.41, 5.74) is 0. The Labute approximate surface area is 98.9 Å². The summed E-state index contributed by atoms with van der Waals surface area (Å²) in [6.45, 7) is 1.74. The number of ether oxygens (including phenoxy) is 1. The molecule has 3 rings (SSSR count). The van der Waals surface area contributed by atoms with Gasteiger partial charge in [0.05, 0.1) is 13.2 Å².